The summed E-state index contributed by atoms with van der Waals surface area (Å²) in [5.41, 5.74) is -0.158. The Balaban J connectivity index is 1.18. The Morgan fingerprint density at radius 3 is 2.10 bits per heavy atom. The second kappa shape index (κ2) is 13.2. The maximum Gasteiger partial charge on any atom is 0.416 e. The Hall–Kier alpha value is -2.25. The molecule has 13 heteroatoms. The molecule has 42 heavy (non-hydrogen) atoms. The van der Waals surface area contributed by atoms with Crippen molar-refractivity contribution >= 4 is 27.6 Å². The lowest BCUT2D eigenvalue weighted by Crippen LogP contribution is -2.47. The van der Waals surface area contributed by atoms with Crippen LogP contribution in [0.1, 0.15) is 44.1 Å². The number of piperidine rings is 1. The fraction of sp³-hybridized carbons (Fsp3) is 0.655. The summed E-state index contributed by atoms with van der Waals surface area (Å²) in [4.78, 5) is 23.5. The number of hydrogen-bond acceptors (Lipinski definition) is 5. The van der Waals surface area contributed by atoms with Crippen molar-refractivity contribution in [2.45, 2.75) is 62.2 Å². The first kappa shape index (κ1) is 32.7. The zero-order valence-corrected chi connectivity index (χ0v) is 24.9. The molecule has 2 saturated heterocycles. The molecule has 1 aromatic rings. The summed E-state index contributed by atoms with van der Waals surface area (Å²) in [6.07, 6.45) is -1.80. The molecular formula is C29H40F6N4O2S. The third-order valence-electron chi connectivity index (χ3n) is 8.32. The van der Waals surface area contributed by atoms with Crippen molar-refractivity contribution in [2.24, 2.45) is 4.99 Å². The molecule has 0 spiro atoms. The van der Waals surface area contributed by atoms with Gasteiger partial charge in [-0.25, -0.2) is 0 Å². The van der Waals surface area contributed by atoms with E-state index in [-0.39, 0.29) is 18.4 Å². The third kappa shape index (κ3) is 8.66. The maximum atomic E-state index is 13.7. The van der Waals surface area contributed by atoms with Crippen LogP contribution in [-0.4, -0.2) is 102 Å². The zero-order chi connectivity index (χ0) is 30.7. The van der Waals surface area contributed by atoms with Crippen LogP contribution in [-0.2, 0) is 11.0 Å². The van der Waals surface area contributed by atoms with Crippen LogP contribution in [0, 0.1) is 0 Å². The molecule has 4 rings (SSSR count). The van der Waals surface area contributed by atoms with Crippen LogP contribution >= 0.6 is 10.3 Å². The number of aliphatic imine (C=N–C) groups is 1. The smallest absolute Gasteiger partial charge is 0.369 e. The van der Waals surface area contributed by atoms with Gasteiger partial charge in [0.1, 0.15) is 0 Å². The molecule has 2 fully saturated rings. The molecule has 1 amide bonds. The number of halogens is 6. The number of benzene rings is 1. The number of amides is 1. The Kier molecular flexibility index (Phi) is 10.2. The van der Waals surface area contributed by atoms with Crippen LogP contribution in [0.15, 0.2) is 40.9 Å². The second-order valence-corrected chi connectivity index (χ2v) is 15.0. The van der Waals surface area contributed by atoms with E-state index in [1.54, 1.807) is 0 Å². The van der Waals surface area contributed by atoms with Gasteiger partial charge in [-0.1, -0.05) is 0 Å². The molecule has 0 aromatic heterocycles. The van der Waals surface area contributed by atoms with E-state index in [0.717, 1.165) is 43.5 Å². The molecule has 0 radical (unpaired) electrons. The highest BCUT2D eigenvalue weighted by molar-refractivity contribution is 8.28. The Morgan fingerprint density at radius 2 is 1.55 bits per heavy atom. The fourth-order valence-electron chi connectivity index (χ4n) is 5.93. The molecule has 6 nitrogen and oxygen atoms in total. The van der Waals surface area contributed by atoms with Gasteiger partial charge in [0.2, 0.25) is 5.91 Å². The first-order valence-electron chi connectivity index (χ1n) is 14.3. The minimum atomic E-state index is -4.51. The van der Waals surface area contributed by atoms with Gasteiger partial charge in [0, 0.05) is 67.9 Å². The lowest BCUT2D eigenvalue weighted by Gasteiger charge is -2.39. The summed E-state index contributed by atoms with van der Waals surface area (Å²) < 4.78 is 89.7. The van der Waals surface area contributed by atoms with Crippen molar-refractivity contribution in [1.29, 1.82) is 0 Å². The highest BCUT2D eigenvalue weighted by Crippen LogP contribution is 2.51. The molecule has 1 aliphatic carbocycles. The third-order valence-corrected chi connectivity index (χ3v) is 10.2. The molecule has 1 unspecified atom stereocenters. The van der Waals surface area contributed by atoms with Gasteiger partial charge >= 0.3 is 12.4 Å². The van der Waals surface area contributed by atoms with E-state index in [9.17, 15) is 35.7 Å². The predicted octanol–water partition coefficient (Wildman–Crippen LogP) is 6.23. The normalized spacial score (nSPS) is 23.3. The number of anilines is 1. The van der Waals surface area contributed by atoms with Gasteiger partial charge in [0.25, 0.3) is 0 Å². The molecule has 0 bridgehead atoms. The quantitative estimate of drug-likeness (QED) is 0.367. The van der Waals surface area contributed by atoms with E-state index in [1.165, 1.54) is 24.6 Å². The van der Waals surface area contributed by atoms with E-state index in [0.29, 0.717) is 64.0 Å². The van der Waals surface area contributed by atoms with E-state index in [1.807, 2.05) is 4.90 Å². The van der Waals surface area contributed by atoms with Crippen molar-refractivity contribution in [1.82, 2.24) is 9.80 Å². The van der Waals surface area contributed by atoms with Gasteiger partial charge in [-0.05, 0) is 81.5 Å². The first-order valence-corrected chi connectivity index (χ1v) is 16.8. The summed E-state index contributed by atoms with van der Waals surface area (Å²) in [5, 5.41) is -0.904. The minimum absolute atomic E-state index is 0.0670. The summed E-state index contributed by atoms with van der Waals surface area (Å²) in [5.74, 6) is 0.0670. The summed E-state index contributed by atoms with van der Waals surface area (Å²) in [7, 11) is -2.39. The predicted molar refractivity (Wildman–Crippen MR) is 156 cm³/mol. The van der Waals surface area contributed by atoms with Gasteiger partial charge in [-0.15, -0.1) is 10.3 Å². The van der Waals surface area contributed by atoms with Crippen molar-refractivity contribution in [2.75, 3.05) is 63.2 Å². The van der Waals surface area contributed by atoms with Crippen LogP contribution < -0.4 is 4.90 Å². The minimum Gasteiger partial charge on any atom is -0.369 e. The molecule has 1 aromatic carbocycles. The van der Waals surface area contributed by atoms with Crippen molar-refractivity contribution in [3.05, 3.63) is 41.5 Å². The van der Waals surface area contributed by atoms with Crippen LogP contribution in [0.4, 0.5) is 32.0 Å². The highest BCUT2D eigenvalue weighted by Gasteiger charge is 2.44. The summed E-state index contributed by atoms with van der Waals surface area (Å²) >= 11 is 0. The average molecular weight is 623 g/mol. The maximum absolute atomic E-state index is 13.7. The number of carbonyl (C=O) groups is 1. The molecule has 2 heterocycles. The van der Waals surface area contributed by atoms with Gasteiger partial charge < -0.3 is 14.4 Å². The van der Waals surface area contributed by atoms with E-state index >= 15 is 0 Å². The number of likely N-dealkylation sites (tertiary alicyclic amines) is 1. The number of nitrogens with zero attached hydrogens (tertiary/aromatic N) is 4. The van der Waals surface area contributed by atoms with Gasteiger partial charge in [0.05, 0.1) is 11.6 Å². The van der Waals surface area contributed by atoms with Crippen molar-refractivity contribution in [3.8, 4) is 0 Å². The van der Waals surface area contributed by atoms with Gasteiger partial charge in [-0.2, -0.15) is 26.3 Å². The molecule has 3 aliphatic rings. The molecule has 0 saturated carbocycles. The molecule has 1 atom stereocenters. The highest BCUT2D eigenvalue weighted by atomic mass is 32.3. The van der Waals surface area contributed by atoms with E-state index in [2.05, 4.69) is 14.8 Å². The monoisotopic (exact) mass is 622 g/mol. The molecular weight excluding hydrogens is 582 g/mol. The average Bonchev–Trinajstić information content (AvgIpc) is 2.92. The van der Waals surface area contributed by atoms with Gasteiger partial charge in [-0.3, -0.25) is 14.7 Å². The summed E-state index contributed by atoms with van der Waals surface area (Å²) in [6.45, 7) is 4.75. The number of alkyl halides is 6. The van der Waals surface area contributed by atoms with Crippen LogP contribution in [0.5, 0.6) is 0 Å². The number of rotatable bonds is 7. The SMILES string of the molecule is CS(C)(O)C1CCC(=NC2CCN(C(=O)CCCN3CCN(c4ccc(C(F)(F)F)cc4)CC3)CC2)C=C1C(F)(F)F. The van der Waals surface area contributed by atoms with E-state index < -0.39 is 39.0 Å². The Morgan fingerprint density at radius 1 is 0.929 bits per heavy atom. The summed E-state index contributed by atoms with van der Waals surface area (Å²) in [6, 6.07) is 5.10. The number of piperazine rings is 1. The Labute approximate surface area is 245 Å². The molecule has 2 aliphatic heterocycles. The molecule has 1 N–H and O–H groups in total. The van der Waals surface area contributed by atoms with Crippen LogP contribution in [0.25, 0.3) is 0 Å². The van der Waals surface area contributed by atoms with Crippen molar-refractivity contribution < 1.29 is 35.7 Å². The number of allylic oxidation sites excluding steroid dienone is 1. The lowest BCUT2D eigenvalue weighted by molar-refractivity contribution is -0.137. The Bertz CT molecular complexity index is 1130. The molecule has 236 valence electrons. The van der Waals surface area contributed by atoms with Crippen LogP contribution in [0.2, 0.25) is 0 Å². The van der Waals surface area contributed by atoms with Crippen LogP contribution in [0.3, 0.4) is 0 Å². The second-order valence-electron chi connectivity index (χ2n) is 11.7. The fourth-order valence-corrected chi connectivity index (χ4v) is 7.44. The number of carbonyl (C=O) groups excluding carboxylic acids is 1. The van der Waals surface area contributed by atoms with E-state index in [4.69, 9.17) is 0 Å². The largest absolute Gasteiger partial charge is 0.416 e. The standard InChI is InChI=1S/C29H40F6N4O2S/c1-42(2,41)26-10-7-23(20-25(26)29(33,34)35)36-22-11-14-39(15-12-22)27(40)4-3-13-37-16-18-38(19-17-37)24-8-5-21(6-9-24)28(30,31)32/h5-6,8-9,20,22,26,41H,3-4,7,10-19H2,1-2H3. The van der Waals surface area contributed by atoms with Crippen molar-refractivity contribution in [3.63, 3.8) is 0 Å². The van der Waals surface area contributed by atoms with Gasteiger partial charge in [0.15, 0.2) is 0 Å². The first-order chi connectivity index (χ1) is 19.6. The lowest BCUT2D eigenvalue weighted by atomic mass is 9.96. The topological polar surface area (TPSA) is 59.4 Å². The number of hydrogen-bond donors (Lipinski definition) is 1. The zero-order valence-electron chi connectivity index (χ0n) is 24.1.